The molecule has 0 spiro atoms. The van der Waals surface area contributed by atoms with Gasteiger partial charge >= 0.3 is 0 Å². The van der Waals surface area contributed by atoms with Crippen LogP contribution < -0.4 is 10.2 Å². The molecule has 0 atom stereocenters. The van der Waals surface area contributed by atoms with Crippen molar-refractivity contribution >= 4 is 21.9 Å². The Morgan fingerprint density at radius 3 is 2.77 bits per heavy atom. The fourth-order valence-corrected chi connectivity index (χ4v) is 2.30. The van der Waals surface area contributed by atoms with Gasteiger partial charge in [-0.1, -0.05) is 6.07 Å². The first-order valence-electron chi connectivity index (χ1n) is 7.02. The SMILES string of the molecule is CN(C)CCOc1ccc2c(=O)c3c(O)cccc3oc2c1. The van der Waals surface area contributed by atoms with Crippen molar-refractivity contribution < 1.29 is 14.3 Å². The van der Waals surface area contributed by atoms with E-state index in [1.165, 1.54) is 6.07 Å². The van der Waals surface area contributed by atoms with Crippen LogP contribution in [-0.4, -0.2) is 37.3 Å². The maximum absolute atomic E-state index is 12.5. The van der Waals surface area contributed by atoms with Crippen LogP contribution in [-0.2, 0) is 0 Å². The Labute approximate surface area is 127 Å². The molecule has 0 saturated carbocycles. The number of phenolic OH excluding ortho intramolecular Hbond substituents is 1. The lowest BCUT2D eigenvalue weighted by molar-refractivity contribution is 0.261. The van der Waals surface area contributed by atoms with Crippen molar-refractivity contribution in [3.05, 3.63) is 46.6 Å². The van der Waals surface area contributed by atoms with Crippen LogP contribution >= 0.6 is 0 Å². The normalized spacial score (nSPS) is 11.4. The van der Waals surface area contributed by atoms with E-state index in [1.54, 1.807) is 30.3 Å². The van der Waals surface area contributed by atoms with Crippen molar-refractivity contribution in [2.45, 2.75) is 0 Å². The highest BCUT2D eigenvalue weighted by Crippen LogP contribution is 2.27. The molecule has 0 radical (unpaired) electrons. The summed E-state index contributed by atoms with van der Waals surface area (Å²) in [5, 5.41) is 10.5. The van der Waals surface area contributed by atoms with Gasteiger partial charge in [0.05, 0.1) is 5.39 Å². The molecule has 5 heteroatoms. The smallest absolute Gasteiger partial charge is 0.204 e. The zero-order valence-electron chi connectivity index (χ0n) is 12.5. The lowest BCUT2D eigenvalue weighted by Gasteiger charge is -2.11. The third kappa shape index (κ3) is 2.63. The van der Waals surface area contributed by atoms with E-state index in [4.69, 9.17) is 9.15 Å². The summed E-state index contributed by atoms with van der Waals surface area (Å²) < 4.78 is 11.4. The van der Waals surface area contributed by atoms with Gasteiger partial charge in [0.1, 0.15) is 34.7 Å². The number of nitrogens with zero attached hydrogens (tertiary/aromatic N) is 1. The molecule has 0 aliphatic heterocycles. The number of hydrogen-bond acceptors (Lipinski definition) is 5. The molecule has 1 aromatic heterocycles. The molecule has 0 saturated heterocycles. The van der Waals surface area contributed by atoms with Gasteiger partial charge in [-0.15, -0.1) is 0 Å². The first-order chi connectivity index (χ1) is 10.6. The fourth-order valence-electron chi connectivity index (χ4n) is 2.30. The molecule has 114 valence electrons. The number of fused-ring (bicyclic) bond motifs is 2. The lowest BCUT2D eigenvalue weighted by atomic mass is 10.1. The molecule has 1 heterocycles. The van der Waals surface area contributed by atoms with E-state index >= 15 is 0 Å². The zero-order chi connectivity index (χ0) is 15.7. The highest BCUT2D eigenvalue weighted by molar-refractivity contribution is 5.93. The largest absolute Gasteiger partial charge is 0.507 e. The maximum Gasteiger partial charge on any atom is 0.204 e. The molecular formula is C17H17NO4. The second-order valence-corrected chi connectivity index (χ2v) is 5.39. The predicted octanol–water partition coefficient (Wildman–Crippen LogP) is 2.59. The summed E-state index contributed by atoms with van der Waals surface area (Å²) in [5.74, 6) is 0.580. The quantitative estimate of drug-likeness (QED) is 0.750. The minimum Gasteiger partial charge on any atom is -0.507 e. The number of aromatic hydroxyl groups is 1. The molecule has 0 aliphatic carbocycles. The van der Waals surface area contributed by atoms with Crippen LogP contribution in [0.4, 0.5) is 0 Å². The summed E-state index contributed by atoms with van der Waals surface area (Å²) in [6.07, 6.45) is 0. The van der Waals surface area contributed by atoms with E-state index in [1.807, 2.05) is 19.0 Å². The first-order valence-corrected chi connectivity index (χ1v) is 7.02. The van der Waals surface area contributed by atoms with Gasteiger partial charge in [0.25, 0.3) is 0 Å². The summed E-state index contributed by atoms with van der Waals surface area (Å²) in [6, 6.07) is 9.89. The topological polar surface area (TPSA) is 62.9 Å². The monoisotopic (exact) mass is 299 g/mol. The van der Waals surface area contributed by atoms with Crippen molar-refractivity contribution in [2.75, 3.05) is 27.2 Å². The van der Waals surface area contributed by atoms with Crippen LogP contribution in [0, 0.1) is 0 Å². The van der Waals surface area contributed by atoms with Gasteiger partial charge in [-0.25, -0.2) is 0 Å². The van der Waals surface area contributed by atoms with E-state index in [0.29, 0.717) is 28.9 Å². The summed E-state index contributed by atoms with van der Waals surface area (Å²) in [5.41, 5.74) is 0.572. The summed E-state index contributed by atoms with van der Waals surface area (Å²) >= 11 is 0. The van der Waals surface area contributed by atoms with E-state index < -0.39 is 0 Å². The van der Waals surface area contributed by atoms with Gasteiger partial charge in [-0.05, 0) is 38.4 Å². The molecule has 0 amide bonds. The molecule has 0 unspecified atom stereocenters. The fraction of sp³-hybridized carbons (Fsp3) is 0.235. The van der Waals surface area contributed by atoms with Crippen LogP contribution in [0.1, 0.15) is 0 Å². The number of phenols is 1. The van der Waals surface area contributed by atoms with Crippen LogP contribution in [0.2, 0.25) is 0 Å². The van der Waals surface area contributed by atoms with E-state index in [-0.39, 0.29) is 16.6 Å². The molecule has 22 heavy (non-hydrogen) atoms. The van der Waals surface area contributed by atoms with E-state index in [0.717, 1.165) is 6.54 Å². The van der Waals surface area contributed by atoms with Crippen molar-refractivity contribution in [1.29, 1.82) is 0 Å². The molecule has 5 nitrogen and oxygen atoms in total. The van der Waals surface area contributed by atoms with Crippen LogP contribution in [0.5, 0.6) is 11.5 Å². The molecular weight excluding hydrogens is 282 g/mol. The average Bonchev–Trinajstić information content (AvgIpc) is 2.46. The molecule has 0 fully saturated rings. The minimum atomic E-state index is -0.241. The molecule has 2 aromatic carbocycles. The molecule has 3 aromatic rings. The number of benzene rings is 2. The van der Waals surface area contributed by atoms with Crippen molar-refractivity contribution in [3.8, 4) is 11.5 Å². The summed E-state index contributed by atoms with van der Waals surface area (Å²) in [6.45, 7) is 1.35. The Bertz CT molecular complexity index is 883. The van der Waals surface area contributed by atoms with Crippen LogP contribution in [0.3, 0.4) is 0 Å². The Morgan fingerprint density at radius 1 is 1.18 bits per heavy atom. The second kappa shape index (κ2) is 5.69. The molecule has 0 bridgehead atoms. The van der Waals surface area contributed by atoms with Crippen LogP contribution in [0.25, 0.3) is 21.9 Å². The van der Waals surface area contributed by atoms with E-state index in [2.05, 4.69) is 0 Å². The second-order valence-electron chi connectivity index (χ2n) is 5.39. The summed E-state index contributed by atoms with van der Waals surface area (Å²) in [7, 11) is 3.95. The van der Waals surface area contributed by atoms with Gasteiger partial charge < -0.3 is 19.2 Å². The number of ether oxygens (including phenoxy) is 1. The van der Waals surface area contributed by atoms with Crippen molar-refractivity contribution in [2.24, 2.45) is 0 Å². The average molecular weight is 299 g/mol. The van der Waals surface area contributed by atoms with Crippen molar-refractivity contribution in [3.63, 3.8) is 0 Å². The third-order valence-corrected chi connectivity index (χ3v) is 3.46. The Balaban J connectivity index is 2.06. The Hall–Kier alpha value is -2.53. The van der Waals surface area contributed by atoms with E-state index in [9.17, 15) is 9.90 Å². The Morgan fingerprint density at radius 2 is 2.00 bits per heavy atom. The molecule has 1 N–H and O–H groups in total. The maximum atomic E-state index is 12.5. The van der Waals surface area contributed by atoms with Gasteiger partial charge in [-0.3, -0.25) is 4.79 Å². The zero-order valence-corrected chi connectivity index (χ0v) is 12.5. The standard InChI is InChI=1S/C17H17NO4/c1-18(2)8-9-21-11-6-7-12-15(10-11)22-14-5-3-4-13(19)16(14)17(12)20/h3-7,10,19H,8-9H2,1-2H3. The minimum absolute atomic E-state index is 0.0699. The van der Waals surface area contributed by atoms with Gasteiger partial charge in [0.2, 0.25) is 5.43 Å². The number of likely N-dealkylation sites (N-methyl/N-ethyl adjacent to an activating group) is 1. The number of hydrogen-bond donors (Lipinski definition) is 1. The van der Waals surface area contributed by atoms with Gasteiger partial charge in [0, 0.05) is 12.6 Å². The first kappa shape index (κ1) is 14.4. The molecule has 3 rings (SSSR count). The third-order valence-electron chi connectivity index (χ3n) is 3.46. The highest BCUT2D eigenvalue weighted by Gasteiger charge is 2.11. The number of rotatable bonds is 4. The summed E-state index contributed by atoms with van der Waals surface area (Å²) in [4.78, 5) is 14.5. The Kier molecular flexibility index (Phi) is 3.73. The highest BCUT2D eigenvalue weighted by atomic mass is 16.5. The lowest BCUT2D eigenvalue weighted by Crippen LogP contribution is -2.19. The van der Waals surface area contributed by atoms with Crippen LogP contribution in [0.15, 0.2) is 45.6 Å². The predicted molar refractivity (Wildman–Crippen MR) is 85.7 cm³/mol. The van der Waals surface area contributed by atoms with Gasteiger partial charge in [0.15, 0.2) is 0 Å². The molecule has 0 aliphatic rings. The van der Waals surface area contributed by atoms with Crippen molar-refractivity contribution in [1.82, 2.24) is 4.90 Å². The van der Waals surface area contributed by atoms with Gasteiger partial charge in [-0.2, -0.15) is 0 Å².